The van der Waals surface area contributed by atoms with Crippen LogP contribution >= 0.6 is 11.3 Å². The number of fused-ring (bicyclic) bond motifs is 1. The van der Waals surface area contributed by atoms with E-state index in [-0.39, 0.29) is 5.91 Å². The fourth-order valence-electron chi connectivity index (χ4n) is 3.01. The van der Waals surface area contributed by atoms with E-state index in [1.165, 1.54) is 11.3 Å². The summed E-state index contributed by atoms with van der Waals surface area (Å²) in [5, 5.41) is 14.6. The average molecular weight is 383 g/mol. The molecular weight excluding hydrogens is 362 g/mol. The molecule has 0 saturated carbocycles. The number of likely N-dealkylation sites (N-methyl/N-ethyl adjacent to an activating group) is 1. The lowest BCUT2D eigenvalue weighted by atomic mass is 10.2. The number of aryl methyl sites for hydroxylation is 1. The lowest BCUT2D eigenvalue weighted by Gasteiger charge is -2.31. The van der Waals surface area contributed by atoms with Gasteiger partial charge < -0.3 is 10.2 Å². The zero-order chi connectivity index (χ0) is 18.8. The second-order valence-corrected chi connectivity index (χ2v) is 7.92. The SMILES string of the molecule is Cc1nnc(-c2cc3cc(NC(=O)CN4CCN(C)CC4)ncc3cn2)s1. The van der Waals surface area contributed by atoms with Crippen LogP contribution in [0, 0.1) is 6.92 Å². The van der Waals surface area contributed by atoms with Crippen LogP contribution in [-0.4, -0.2) is 75.6 Å². The number of carbonyl (C=O) groups is 1. The van der Waals surface area contributed by atoms with E-state index in [4.69, 9.17) is 0 Å². The minimum atomic E-state index is -0.0413. The highest BCUT2D eigenvalue weighted by atomic mass is 32.1. The molecule has 3 aromatic rings. The van der Waals surface area contributed by atoms with E-state index < -0.39 is 0 Å². The molecule has 9 heteroatoms. The number of nitrogens with zero attached hydrogens (tertiary/aromatic N) is 6. The number of rotatable bonds is 4. The van der Waals surface area contributed by atoms with Crippen molar-refractivity contribution in [2.45, 2.75) is 6.92 Å². The Hall–Kier alpha value is -2.49. The summed E-state index contributed by atoms with van der Waals surface area (Å²) in [5.74, 6) is 0.507. The van der Waals surface area contributed by atoms with Crippen molar-refractivity contribution in [3.63, 3.8) is 0 Å². The Bertz CT molecular complexity index is 965. The van der Waals surface area contributed by atoms with Gasteiger partial charge in [-0.3, -0.25) is 14.7 Å². The largest absolute Gasteiger partial charge is 0.310 e. The fraction of sp³-hybridized carbons (Fsp3) is 0.389. The van der Waals surface area contributed by atoms with Crippen molar-refractivity contribution in [1.82, 2.24) is 30.0 Å². The number of pyridine rings is 2. The lowest BCUT2D eigenvalue weighted by molar-refractivity contribution is -0.117. The smallest absolute Gasteiger partial charge is 0.239 e. The molecule has 0 aliphatic carbocycles. The third-order valence-corrected chi connectivity index (χ3v) is 5.44. The number of aromatic nitrogens is 4. The molecule has 1 amide bonds. The third kappa shape index (κ3) is 4.26. The normalized spacial score (nSPS) is 15.9. The van der Waals surface area contributed by atoms with Crippen LogP contribution in [0.15, 0.2) is 24.5 Å². The van der Waals surface area contributed by atoms with E-state index in [1.807, 2.05) is 19.1 Å². The van der Waals surface area contributed by atoms with E-state index in [1.54, 1.807) is 12.4 Å². The highest BCUT2D eigenvalue weighted by Gasteiger charge is 2.17. The molecule has 3 aromatic heterocycles. The minimum absolute atomic E-state index is 0.0413. The van der Waals surface area contributed by atoms with Gasteiger partial charge in [-0.2, -0.15) is 0 Å². The Balaban J connectivity index is 1.48. The number of carbonyl (C=O) groups excluding carboxylic acids is 1. The van der Waals surface area contributed by atoms with Crippen molar-refractivity contribution >= 4 is 33.8 Å². The van der Waals surface area contributed by atoms with Crippen LogP contribution in [0.5, 0.6) is 0 Å². The molecule has 0 radical (unpaired) electrons. The molecule has 1 N–H and O–H groups in total. The van der Waals surface area contributed by atoms with E-state index >= 15 is 0 Å². The van der Waals surface area contributed by atoms with Gasteiger partial charge in [-0.05, 0) is 31.5 Å². The predicted octanol–water partition coefficient (Wildman–Crippen LogP) is 1.64. The third-order valence-electron chi connectivity index (χ3n) is 4.58. The maximum absolute atomic E-state index is 12.4. The van der Waals surface area contributed by atoms with Gasteiger partial charge >= 0.3 is 0 Å². The first-order chi connectivity index (χ1) is 13.1. The number of nitrogens with one attached hydrogen (secondary N) is 1. The molecular formula is C18H21N7OS. The molecule has 4 rings (SSSR count). The van der Waals surface area contributed by atoms with Crippen LogP contribution in [-0.2, 0) is 4.79 Å². The van der Waals surface area contributed by atoms with Crippen LogP contribution in [0.2, 0.25) is 0 Å². The van der Waals surface area contributed by atoms with Crippen molar-refractivity contribution in [2.24, 2.45) is 0 Å². The van der Waals surface area contributed by atoms with Gasteiger partial charge in [0.25, 0.3) is 0 Å². The van der Waals surface area contributed by atoms with E-state index in [0.717, 1.165) is 52.7 Å². The summed E-state index contributed by atoms with van der Waals surface area (Å²) >= 11 is 1.50. The highest BCUT2D eigenvalue weighted by Crippen LogP contribution is 2.25. The zero-order valence-electron chi connectivity index (χ0n) is 15.3. The maximum atomic E-state index is 12.4. The minimum Gasteiger partial charge on any atom is -0.310 e. The number of hydrogen-bond acceptors (Lipinski definition) is 8. The average Bonchev–Trinajstić information content (AvgIpc) is 3.09. The van der Waals surface area contributed by atoms with E-state index in [0.29, 0.717) is 12.4 Å². The summed E-state index contributed by atoms with van der Waals surface area (Å²) in [4.78, 5) is 25.6. The van der Waals surface area contributed by atoms with Crippen LogP contribution in [0.25, 0.3) is 21.5 Å². The van der Waals surface area contributed by atoms with Crippen molar-refractivity contribution in [3.8, 4) is 10.7 Å². The zero-order valence-corrected chi connectivity index (χ0v) is 16.2. The number of hydrogen-bond donors (Lipinski definition) is 1. The second kappa shape index (κ2) is 7.63. The molecule has 8 nitrogen and oxygen atoms in total. The quantitative estimate of drug-likeness (QED) is 0.733. The highest BCUT2D eigenvalue weighted by molar-refractivity contribution is 7.14. The molecule has 0 aromatic carbocycles. The van der Waals surface area contributed by atoms with Crippen LogP contribution in [0.1, 0.15) is 5.01 Å². The molecule has 1 aliphatic heterocycles. The Labute approximate surface area is 161 Å². The van der Waals surface area contributed by atoms with Crippen LogP contribution in [0.4, 0.5) is 5.82 Å². The molecule has 1 aliphatic rings. The summed E-state index contributed by atoms with van der Waals surface area (Å²) in [7, 11) is 2.10. The number of piperazine rings is 1. The Morgan fingerprint density at radius 3 is 2.63 bits per heavy atom. The number of anilines is 1. The molecule has 4 heterocycles. The van der Waals surface area contributed by atoms with Gasteiger partial charge in [0.15, 0.2) is 5.01 Å². The van der Waals surface area contributed by atoms with Gasteiger partial charge in [0.05, 0.1) is 6.54 Å². The Morgan fingerprint density at radius 1 is 1.11 bits per heavy atom. The molecule has 0 unspecified atom stereocenters. The van der Waals surface area contributed by atoms with Crippen molar-refractivity contribution in [3.05, 3.63) is 29.5 Å². The van der Waals surface area contributed by atoms with E-state index in [2.05, 4.69) is 42.3 Å². The summed E-state index contributed by atoms with van der Waals surface area (Å²) < 4.78 is 0. The molecule has 140 valence electrons. The molecule has 0 spiro atoms. The first-order valence-electron chi connectivity index (χ1n) is 8.84. The molecule has 1 fully saturated rings. The summed E-state index contributed by atoms with van der Waals surface area (Å²) in [6.07, 6.45) is 3.49. The van der Waals surface area contributed by atoms with Gasteiger partial charge in [0.2, 0.25) is 5.91 Å². The fourth-order valence-corrected chi connectivity index (χ4v) is 3.67. The first-order valence-corrected chi connectivity index (χ1v) is 9.65. The van der Waals surface area contributed by atoms with Gasteiger partial charge in [-0.25, -0.2) is 4.98 Å². The standard InChI is InChI=1S/C18H21N7OS/c1-12-22-23-18(27-12)15-7-13-8-16(20-10-14(13)9-19-15)21-17(26)11-25-5-3-24(2)4-6-25/h7-10H,3-6,11H2,1-2H3,(H,20,21,26). The molecule has 1 saturated heterocycles. The Morgan fingerprint density at radius 2 is 1.89 bits per heavy atom. The molecule has 0 bridgehead atoms. The Kier molecular flexibility index (Phi) is 5.06. The van der Waals surface area contributed by atoms with Crippen molar-refractivity contribution in [2.75, 3.05) is 45.1 Å². The summed E-state index contributed by atoms with van der Waals surface area (Å²) in [5.41, 5.74) is 0.772. The maximum Gasteiger partial charge on any atom is 0.239 e. The van der Waals surface area contributed by atoms with Gasteiger partial charge in [0, 0.05) is 44.0 Å². The van der Waals surface area contributed by atoms with Crippen molar-refractivity contribution in [1.29, 1.82) is 0 Å². The monoisotopic (exact) mass is 383 g/mol. The van der Waals surface area contributed by atoms with Gasteiger partial charge in [0.1, 0.15) is 16.5 Å². The van der Waals surface area contributed by atoms with E-state index in [9.17, 15) is 4.79 Å². The van der Waals surface area contributed by atoms with Crippen molar-refractivity contribution < 1.29 is 4.79 Å². The topological polar surface area (TPSA) is 87.1 Å². The summed E-state index contributed by atoms with van der Waals surface area (Å²) in [6, 6.07) is 3.82. The number of amides is 1. The van der Waals surface area contributed by atoms with Gasteiger partial charge in [-0.1, -0.05) is 11.3 Å². The first kappa shape index (κ1) is 17.9. The van der Waals surface area contributed by atoms with Crippen LogP contribution < -0.4 is 5.32 Å². The lowest BCUT2D eigenvalue weighted by Crippen LogP contribution is -2.47. The summed E-state index contributed by atoms with van der Waals surface area (Å²) in [6.45, 7) is 6.10. The molecule has 0 atom stereocenters. The second-order valence-electron chi connectivity index (χ2n) is 6.74. The molecule has 27 heavy (non-hydrogen) atoms. The predicted molar refractivity (Wildman–Crippen MR) is 106 cm³/mol. The van der Waals surface area contributed by atoms with Gasteiger partial charge in [-0.15, -0.1) is 10.2 Å². The van der Waals surface area contributed by atoms with Crippen LogP contribution in [0.3, 0.4) is 0 Å².